The first-order chi connectivity index (χ1) is 8.58. The van der Waals surface area contributed by atoms with Crippen molar-refractivity contribution in [3.05, 3.63) is 52.5 Å². The maximum atomic E-state index is 11.4. The van der Waals surface area contributed by atoms with Gasteiger partial charge in [-0.25, -0.2) is 0 Å². The van der Waals surface area contributed by atoms with Gasteiger partial charge in [-0.1, -0.05) is 12.1 Å². The second-order valence-electron chi connectivity index (χ2n) is 3.78. The molecule has 0 heterocycles. The molecule has 0 aliphatic carbocycles. The molecule has 92 valence electrons. The molecule has 2 rings (SSSR count). The number of amides is 1. The number of carbonyl (C=O) groups excluding carboxylic acids is 1. The summed E-state index contributed by atoms with van der Waals surface area (Å²) in [7, 11) is 0. The first kappa shape index (κ1) is 12.4. The number of carbonyl (C=O) groups is 1. The van der Waals surface area contributed by atoms with Gasteiger partial charge in [0.2, 0.25) is 0 Å². The number of rotatable bonds is 3. The van der Waals surface area contributed by atoms with Crippen LogP contribution in [0, 0.1) is 0 Å². The van der Waals surface area contributed by atoms with Crippen molar-refractivity contribution in [3.63, 3.8) is 0 Å². The summed E-state index contributed by atoms with van der Waals surface area (Å²) in [5, 5.41) is 3.12. The molecule has 0 fully saturated rings. The Balaban J connectivity index is 2.40. The summed E-state index contributed by atoms with van der Waals surface area (Å²) in [5.74, 6) is -0.492. The highest BCUT2D eigenvalue weighted by Crippen LogP contribution is 2.27. The predicted octanol–water partition coefficient (Wildman–Crippen LogP) is 2.87. The number of nitrogens with two attached hydrogens (primary N) is 2. The van der Waals surface area contributed by atoms with E-state index in [1.165, 1.54) is 0 Å². The van der Waals surface area contributed by atoms with Gasteiger partial charge < -0.3 is 16.8 Å². The Morgan fingerprint density at radius 1 is 1.17 bits per heavy atom. The molecule has 0 spiro atoms. The van der Waals surface area contributed by atoms with E-state index in [4.69, 9.17) is 11.5 Å². The fourth-order valence-electron chi connectivity index (χ4n) is 1.65. The van der Waals surface area contributed by atoms with Gasteiger partial charge in [0, 0.05) is 15.8 Å². The predicted molar refractivity (Wildman–Crippen MR) is 76.8 cm³/mol. The molecule has 18 heavy (non-hydrogen) atoms. The molecule has 5 heteroatoms. The second kappa shape index (κ2) is 5.10. The summed E-state index contributed by atoms with van der Waals surface area (Å²) < 4.78 is 0.656. The average Bonchev–Trinajstić information content (AvgIpc) is 2.28. The van der Waals surface area contributed by atoms with Gasteiger partial charge in [-0.2, -0.15) is 0 Å². The highest BCUT2D eigenvalue weighted by Gasteiger charge is 2.12. The molecule has 0 saturated carbocycles. The zero-order chi connectivity index (χ0) is 13.1. The third-order valence-electron chi connectivity index (χ3n) is 2.43. The van der Waals surface area contributed by atoms with Crippen LogP contribution in [0.4, 0.5) is 17.1 Å². The van der Waals surface area contributed by atoms with E-state index >= 15 is 0 Å². The third kappa shape index (κ3) is 2.62. The van der Waals surface area contributed by atoms with Crippen molar-refractivity contribution in [1.82, 2.24) is 0 Å². The van der Waals surface area contributed by atoms with Gasteiger partial charge in [0.25, 0.3) is 5.91 Å². The zero-order valence-electron chi connectivity index (χ0n) is 9.48. The van der Waals surface area contributed by atoms with E-state index in [-0.39, 0.29) is 0 Å². The number of hydrogen-bond acceptors (Lipinski definition) is 3. The van der Waals surface area contributed by atoms with Crippen LogP contribution >= 0.6 is 15.9 Å². The molecule has 2 aromatic rings. The molecule has 2 aromatic carbocycles. The summed E-state index contributed by atoms with van der Waals surface area (Å²) >= 11 is 3.31. The van der Waals surface area contributed by atoms with Gasteiger partial charge in [-0.3, -0.25) is 4.79 Å². The molecular weight excluding hydrogens is 294 g/mol. The minimum absolute atomic E-state index is 0.417. The number of anilines is 3. The number of hydrogen-bond donors (Lipinski definition) is 3. The highest BCUT2D eigenvalue weighted by molar-refractivity contribution is 9.10. The second-order valence-corrected chi connectivity index (χ2v) is 4.63. The maximum absolute atomic E-state index is 11.4. The lowest BCUT2D eigenvalue weighted by molar-refractivity contribution is 0.100. The molecule has 1 amide bonds. The third-order valence-corrected chi connectivity index (χ3v) is 3.09. The summed E-state index contributed by atoms with van der Waals surface area (Å²) in [6.45, 7) is 0. The highest BCUT2D eigenvalue weighted by atomic mass is 79.9. The Hall–Kier alpha value is -2.01. The zero-order valence-corrected chi connectivity index (χ0v) is 11.1. The van der Waals surface area contributed by atoms with Crippen LogP contribution in [0.2, 0.25) is 0 Å². The average molecular weight is 306 g/mol. The van der Waals surface area contributed by atoms with Gasteiger partial charge >= 0.3 is 0 Å². The molecule has 0 saturated heterocycles. The normalized spacial score (nSPS) is 10.1. The van der Waals surface area contributed by atoms with E-state index in [0.717, 1.165) is 5.69 Å². The van der Waals surface area contributed by atoms with Crippen molar-refractivity contribution in [3.8, 4) is 0 Å². The Bertz CT molecular complexity index is 599. The lowest BCUT2D eigenvalue weighted by atomic mass is 10.1. The lowest BCUT2D eigenvalue weighted by Crippen LogP contribution is -2.14. The van der Waals surface area contributed by atoms with Crippen molar-refractivity contribution in [2.45, 2.75) is 0 Å². The quantitative estimate of drug-likeness (QED) is 0.763. The van der Waals surface area contributed by atoms with Gasteiger partial charge in [0.05, 0.1) is 11.3 Å². The molecule has 4 nitrogen and oxygen atoms in total. The first-order valence-corrected chi connectivity index (χ1v) is 6.08. The van der Waals surface area contributed by atoms with E-state index < -0.39 is 5.91 Å². The van der Waals surface area contributed by atoms with E-state index in [1.807, 2.05) is 18.2 Å². The number of nitrogen functional groups attached to an aromatic ring is 1. The molecule has 5 N–H and O–H groups in total. The van der Waals surface area contributed by atoms with Crippen LogP contribution in [-0.2, 0) is 0 Å². The van der Waals surface area contributed by atoms with Crippen molar-refractivity contribution in [2.75, 3.05) is 11.1 Å². The number of halogens is 1. The lowest BCUT2D eigenvalue weighted by Gasteiger charge is -2.11. The molecule has 0 aliphatic heterocycles. The van der Waals surface area contributed by atoms with Gasteiger partial charge in [-0.05, 0) is 46.3 Å². The molecule has 0 radical (unpaired) electrons. The topological polar surface area (TPSA) is 81.1 Å². The fourth-order valence-corrected chi connectivity index (χ4v) is 2.21. The van der Waals surface area contributed by atoms with Crippen LogP contribution < -0.4 is 16.8 Å². The fraction of sp³-hybridized carbons (Fsp3) is 0. The van der Waals surface area contributed by atoms with Crippen LogP contribution in [0.5, 0.6) is 0 Å². The summed E-state index contributed by atoms with van der Waals surface area (Å²) in [6.07, 6.45) is 0. The van der Waals surface area contributed by atoms with Gasteiger partial charge in [-0.15, -0.1) is 0 Å². The number of primary amides is 1. The number of nitrogens with one attached hydrogen (secondary N) is 1. The Morgan fingerprint density at radius 2 is 1.89 bits per heavy atom. The van der Waals surface area contributed by atoms with Crippen LogP contribution in [0.15, 0.2) is 46.9 Å². The monoisotopic (exact) mass is 305 g/mol. The summed E-state index contributed by atoms with van der Waals surface area (Å²) in [4.78, 5) is 11.4. The van der Waals surface area contributed by atoms with E-state index in [1.54, 1.807) is 24.3 Å². The van der Waals surface area contributed by atoms with Crippen molar-refractivity contribution in [1.29, 1.82) is 0 Å². The smallest absolute Gasteiger partial charge is 0.251 e. The van der Waals surface area contributed by atoms with Crippen molar-refractivity contribution >= 4 is 38.9 Å². The van der Waals surface area contributed by atoms with Gasteiger partial charge in [0.1, 0.15) is 0 Å². The largest absolute Gasteiger partial charge is 0.399 e. The SMILES string of the molecule is NC(=O)c1c(Br)cccc1Nc1cccc(N)c1. The first-order valence-electron chi connectivity index (χ1n) is 5.29. The van der Waals surface area contributed by atoms with Crippen LogP contribution in [-0.4, -0.2) is 5.91 Å². The molecule has 0 atom stereocenters. The Morgan fingerprint density at radius 3 is 2.56 bits per heavy atom. The van der Waals surface area contributed by atoms with Crippen LogP contribution in [0.3, 0.4) is 0 Å². The molecule has 0 aliphatic rings. The maximum Gasteiger partial charge on any atom is 0.251 e. The van der Waals surface area contributed by atoms with Crippen LogP contribution in [0.25, 0.3) is 0 Å². The summed E-state index contributed by atoms with van der Waals surface area (Å²) in [6, 6.07) is 12.7. The molecular formula is C13H12BrN3O. The Labute approximate surface area is 113 Å². The standard InChI is InChI=1S/C13H12BrN3O/c14-10-5-2-6-11(12(10)13(16)18)17-9-4-1-3-8(15)7-9/h1-7,17H,15H2,(H2,16,18). The molecule has 0 aromatic heterocycles. The Kier molecular flexibility index (Phi) is 3.53. The van der Waals surface area contributed by atoms with Crippen molar-refractivity contribution < 1.29 is 4.79 Å². The summed E-state index contributed by atoms with van der Waals surface area (Å²) in [5.41, 5.74) is 13.6. The minimum Gasteiger partial charge on any atom is -0.399 e. The van der Waals surface area contributed by atoms with Crippen LogP contribution in [0.1, 0.15) is 10.4 Å². The number of benzene rings is 2. The minimum atomic E-state index is -0.492. The van der Waals surface area contributed by atoms with Crippen molar-refractivity contribution in [2.24, 2.45) is 5.73 Å². The van der Waals surface area contributed by atoms with E-state index in [2.05, 4.69) is 21.2 Å². The molecule has 0 unspecified atom stereocenters. The molecule has 0 bridgehead atoms. The van der Waals surface area contributed by atoms with E-state index in [9.17, 15) is 4.79 Å². The van der Waals surface area contributed by atoms with Gasteiger partial charge in [0.15, 0.2) is 0 Å². The van der Waals surface area contributed by atoms with E-state index in [0.29, 0.717) is 21.4 Å².